The standard InChI is InChI=1S/C23H20FN5O2/c24-18-3-1-16(2-4-18)21-22(19-5-9-25-14-26-19)29-12-8-17(13-20(29)27-21)15-6-10-28(11-7-15)23(30)31/h1-5,8-9,12-15H,6-7,10-11H2,(H,30,31). The molecule has 0 unspecified atom stereocenters. The lowest BCUT2D eigenvalue weighted by molar-refractivity contribution is 0.132. The molecule has 0 saturated carbocycles. The molecule has 31 heavy (non-hydrogen) atoms. The zero-order valence-electron chi connectivity index (χ0n) is 16.6. The molecule has 1 aliphatic rings. The molecule has 0 radical (unpaired) electrons. The number of imidazole rings is 1. The van der Waals surface area contributed by atoms with E-state index in [1.54, 1.807) is 18.3 Å². The number of carbonyl (C=O) groups is 1. The van der Waals surface area contributed by atoms with Crippen molar-refractivity contribution in [1.82, 2.24) is 24.3 Å². The van der Waals surface area contributed by atoms with Crippen molar-refractivity contribution in [3.63, 3.8) is 0 Å². The van der Waals surface area contributed by atoms with E-state index >= 15 is 0 Å². The summed E-state index contributed by atoms with van der Waals surface area (Å²) < 4.78 is 15.5. The number of fused-ring (bicyclic) bond motifs is 1. The Bertz CT molecular complexity index is 1230. The lowest BCUT2D eigenvalue weighted by Gasteiger charge is -2.30. The molecule has 1 fully saturated rings. The largest absolute Gasteiger partial charge is 0.465 e. The highest BCUT2D eigenvalue weighted by molar-refractivity contribution is 5.80. The Hall–Kier alpha value is -3.81. The molecular weight excluding hydrogens is 397 g/mol. The monoisotopic (exact) mass is 417 g/mol. The lowest BCUT2D eigenvalue weighted by Crippen LogP contribution is -2.36. The number of amides is 1. The van der Waals surface area contributed by atoms with Crippen molar-refractivity contribution in [3.05, 3.63) is 72.6 Å². The number of benzene rings is 1. The molecule has 0 aliphatic carbocycles. The Labute approximate surface area is 177 Å². The van der Waals surface area contributed by atoms with Gasteiger partial charge in [0.1, 0.15) is 17.8 Å². The summed E-state index contributed by atoms with van der Waals surface area (Å²) >= 11 is 0. The number of carboxylic acid groups (broad SMARTS) is 1. The maximum atomic E-state index is 13.5. The van der Waals surface area contributed by atoms with Crippen molar-refractivity contribution in [1.29, 1.82) is 0 Å². The molecule has 1 N–H and O–H groups in total. The van der Waals surface area contributed by atoms with E-state index in [1.807, 2.05) is 16.7 Å². The number of likely N-dealkylation sites (tertiary alicyclic amines) is 1. The topological polar surface area (TPSA) is 83.6 Å². The maximum absolute atomic E-state index is 13.5. The highest BCUT2D eigenvalue weighted by Gasteiger charge is 2.24. The van der Waals surface area contributed by atoms with E-state index in [0.717, 1.165) is 46.7 Å². The van der Waals surface area contributed by atoms with Gasteiger partial charge in [-0.25, -0.2) is 24.1 Å². The van der Waals surface area contributed by atoms with E-state index in [9.17, 15) is 14.3 Å². The van der Waals surface area contributed by atoms with Crippen molar-refractivity contribution in [2.24, 2.45) is 0 Å². The van der Waals surface area contributed by atoms with Crippen LogP contribution in [0.15, 0.2) is 61.2 Å². The Morgan fingerprint density at radius 3 is 2.55 bits per heavy atom. The Kier molecular flexibility index (Phi) is 4.82. The van der Waals surface area contributed by atoms with E-state index in [0.29, 0.717) is 13.1 Å². The first-order valence-electron chi connectivity index (χ1n) is 10.1. The van der Waals surface area contributed by atoms with Gasteiger partial charge in [0.2, 0.25) is 0 Å². The second-order valence-electron chi connectivity index (χ2n) is 7.64. The highest BCUT2D eigenvalue weighted by Crippen LogP contribution is 2.34. The average Bonchev–Trinajstić information content (AvgIpc) is 3.19. The smallest absolute Gasteiger partial charge is 0.407 e. The van der Waals surface area contributed by atoms with E-state index in [2.05, 4.69) is 22.1 Å². The summed E-state index contributed by atoms with van der Waals surface area (Å²) in [6.07, 6.45) is 5.86. The Morgan fingerprint density at radius 1 is 1.10 bits per heavy atom. The molecule has 1 aromatic carbocycles. The predicted octanol–water partition coefficient (Wildman–Crippen LogP) is 4.45. The summed E-state index contributed by atoms with van der Waals surface area (Å²) in [6, 6.07) is 12.2. The van der Waals surface area contributed by atoms with Gasteiger partial charge >= 0.3 is 6.09 Å². The minimum Gasteiger partial charge on any atom is -0.465 e. The van der Waals surface area contributed by atoms with Gasteiger partial charge in [-0.15, -0.1) is 0 Å². The normalized spacial score (nSPS) is 14.8. The van der Waals surface area contributed by atoms with Gasteiger partial charge in [0, 0.05) is 31.0 Å². The third-order valence-electron chi connectivity index (χ3n) is 5.83. The molecule has 7 nitrogen and oxygen atoms in total. The van der Waals surface area contributed by atoms with E-state index in [1.165, 1.54) is 23.4 Å². The minimum atomic E-state index is -0.861. The van der Waals surface area contributed by atoms with Crippen molar-refractivity contribution in [3.8, 4) is 22.6 Å². The number of hydrogen-bond acceptors (Lipinski definition) is 4. The van der Waals surface area contributed by atoms with Crippen LogP contribution in [0.3, 0.4) is 0 Å². The SMILES string of the molecule is O=C(O)N1CCC(c2ccn3c(-c4ccncn4)c(-c4ccc(F)cc4)nc3c2)CC1. The number of pyridine rings is 1. The van der Waals surface area contributed by atoms with Crippen molar-refractivity contribution >= 4 is 11.7 Å². The van der Waals surface area contributed by atoms with Crippen LogP contribution in [0, 0.1) is 5.82 Å². The molecule has 1 saturated heterocycles. The number of aromatic nitrogens is 4. The fraction of sp³-hybridized carbons (Fsp3) is 0.217. The second kappa shape index (κ2) is 7.79. The second-order valence-corrected chi connectivity index (χ2v) is 7.64. The molecule has 4 heterocycles. The molecule has 0 atom stereocenters. The first-order valence-corrected chi connectivity index (χ1v) is 10.1. The van der Waals surface area contributed by atoms with Crippen LogP contribution in [0.25, 0.3) is 28.3 Å². The first-order chi connectivity index (χ1) is 15.1. The van der Waals surface area contributed by atoms with E-state index in [4.69, 9.17) is 4.98 Å². The molecule has 8 heteroatoms. The van der Waals surface area contributed by atoms with Crippen LogP contribution in [-0.4, -0.2) is 48.5 Å². The van der Waals surface area contributed by atoms with Gasteiger partial charge in [0.25, 0.3) is 0 Å². The van der Waals surface area contributed by atoms with Gasteiger partial charge < -0.3 is 10.0 Å². The number of piperidine rings is 1. The third kappa shape index (κ3) is 3.61. The number of rotatable bonds is 3. The Morgan fingerprint density at radius 2 is 1.87 bits per heavy atom. The fourth-order valence-corrected chi connectivity index (χ4v) is 4.20. The quantitative estimate of drug-likeness (QED) is 0.532. The van der Waals surface area contributed by atoms with Crippen LogP contribution >= 0.6 is 0 Å². The number of halogens is 1. The first kappa shape index (κ1) is 19.2. The summed E-state index contributed by atoms with van der Waals surface area (Å²) in [4.78, 5) is 25.9. The van der Waals surface area contributed by atoms with Crippen molar-refractivity contribution in [2.75, 3.05) is 13.1 Å². The van der Waals surface area contributed by atoms with Gasteiger partial charge in [-0.2, -0.15) is 0 Å². The van der Waals surface area contributed by atoms with Crippen molar-refractivity contribution in [2.45, 2.75) is 18.8 Å². The number of hydrogen-bond donors (Lipinski definition) is 1. The molecule has 4 aromatic rings. The average molecular weight is 417 g/mol. The predicted molar refractivity (Wildman–Crippen MR) is 113 cm³/mol. The van der Waals surface area contributed by atoms with E-state index < -0.39 is 6.09 Å². The maximum Gasteiger partial charge on any atom is 0.407 e. The summed E-state index contributed by atoms with van der Waals surface area (Å²) in [5, 5.41) is 9.18. The zero-order valence-corrected chi connectivity index (χ0v) is 16.6. The summed E-state index contributed by atoms with van der Waals surface area (Å²) in [5.41, 5.74) is 4.97. The molecule has 0 spiro atoms. The fourth-order valence-electron chi connectivity index (χ4n) is 4.20. The van der Waals surface area contributed by atoms with Crippen molar-refractivity contribution < 1.29 is 14.3 Å². The summed E-state index contributed by atoms with van der Waals surface area (Å²) in [5.74, 6) is -0.0137. The molecule has 3 aromatic heterocycles. The van der Waals surface area contributed by atoms with E-state index in [-0.39, 0.29) is 11.7 Å². The van der Waals surface area contributed by atoms with Crippen LogP contribution in [0.5, 0.6) is 0 Å². The Balaban J connectivity index is 1.58. The molecule has 5 rings (SSSR count). The van der Waals surface area contributed by atoms with Crippen LogP contribution in [-0.2, 0) is 0 Å². The number of nitrogens with zero attached hydrogens (tertiary/aromatic N) is 5. The van der Waals surface area contributed by atoms with Crippen LogP contribution in [0.1, 0.15) is 24.3 Å². The van der Waals surface area contributed by atoms with Crippen LogP contribution < -0.4 is 0 Å². The van der Waals surface area contributed by atoms with Gasteiger partial charge in [0.15, 0.2) is 0 Å². The summed E-state index contributed by atoms with van der Waals surface area (Å²) in [6.45, 7) is 1.07. The van der Waals surface area contributed by atoms with Gasteiger partial charge in [-0.05, 0) is 66.8 Å². The lowest BCUT2D eigenvalue weighted by atomic mass is 9.90. The molecule has 1 amide bonds. The van der Waals surface area contributed by atoms with Gasteiger partial charge in [0.05, 0.1) is 17.1 Å². The van der Waals surface area contributed by atoms with Gasteiger partial charge in [-0.3, -0.25) is 4.40 Å². The van der Waals surface area contributed by atoms with Crippen LogP contribution in [0.2, 0.25) is 0 Å². The molecule has 0 bridgehead atoms. The van der Waals surface area contributed by atoms with Gasteiger partial charge in [-0.1, -0.05) is 0 Å². The summed E-state index contributed by atoms with van der Waals surface area (Å²) in [7, 11) is 0. The van der Waals surface area contributed by atoms with Crippen LogP contribution in [0.4, 0.5) is 9.18 Å². The third-order valence-corrected chi connectivity index (χ3v) is 5.83. The molecule has 156 valence electrons. The minimum absolute atomic E-state index is 0.286. The zero-order chi connectivity index (χ0) is 21.4. The highest BCUT2D eigenvalue weighted by atomic mass is 19.1. The molecular formula is C23H20FN5O2. The molecule has 1 aliphatic heterocycles.